The Morgan fingerprint density at radius 2 is 2.11 bits per heavy atom. The van der Waals surface area contributed by atoms with Gasteiger partial charge in [-0.2, -0.15) is 0 Å². The third-order valence-corrected chi connectivity index (χ3v) is 3.08. The molecule has 0 fully saturated rings. The number of amides is 1. The number of hydrogen-bond acceptors (Lipinski definition) is 3. The van der Waals surface area contributed by atoms with Crippen LogP contribution in [-0.2, 0) is 16.0 Å². The number of carbonyl (C=O) groups excluding carboxylic acids is 1. The largest absolute Gasteiger partial charge is 0.481 e. The van der Waals surface area contributed by atoms with Gasteiger partial charge in [0.1, 0.15) is 0 Å². The first-order valence-electron chi connectivity index (χ1n) is 6.29. The Hall–Kier alpha value is -1.91. The SMILES string of the molecule is Cc1ccnc(CC(C)N(C)C(=O)CCC(=O)O)c1. The van der Waals surface area contributed by atoms with Crippen LogP contribution in [0.2, 0.25) is 0 Å². The van der Waals surface area contributed by atoms with Crippen LogP contribution >= 0.6 is 0 Å². The van der Waals surface area contributed by atoms with Gasteiger partial charge in [0.05, 0.1) is 6.42 Å². The molecule has 1 aromatic rings. The van der Waals surface area contributed by atoms with Crippen LogP contribution in [0.5, 0.6) is 0 Å². The van der Waals surface area contributed by atoms with Crippen molar-refractivity contribution in [3.63, 3.8) is 0 Å². The molecule has 1 rings (SSSR count). The highest BCUT2D eigenvalue weighted by molar-refractivity contribution is 5.80. The number of aliphatic carboxylic acids is 1. The number of carboxylic acids is 1. The van der Waals surface area contributed by atoms with E-state index in [-0.39, 0.29) is 24.8 Å². The second-order valence-corrected chi connectivity index (χ2v) is 4.78. The van der Waals surface area contributed by atoms with E-state index in [1.807, 2.05) is 26.0 Å². The van der Waals surface area contributed by atoms with E-state index in [2.05, 4.69) is 4.98 Å². The minimum Gasteiger partial charge on any atom is -0.481 e. The third-order valence-electron chi connectivity index (χ3n) is 3.08. The Bertz CT molecular complexity index is 460. The molecule has 1 heterocycles. The maximum absolute atomic E-state index is 11.8. The van der Waals surface area contributed by atoms with Crippen LogP contribution in [0.25, 0.3) is 0 Å². The van der Waals surface area contributed by atoms with Crippen LogP contribution in [0.3, 0.4) is 0 Å². The summed E-state index contributed by atoms with van der Waals surface area (Å²) >= 11 is 0. The van der Waals surface area contributed by atoms with Gasteiger partial charge in [0.15, 0.2) is 0 Å². The number of aromatic nitrogens is 1. The van der Waals surface area contributed by atoms with E-state index >= 15 is 0 Å². The summed E-state index contributed by atoms with van der Waals surface area (Å²) in [7, 11) is 1.70. The zero-order valence-corrected chi connectivity index (χ0v) is 11.6. The second kappa shape index (κ2) is 6.87. The Kier molecular flexibility index (Phi) is 5.48. The van der Waals surface area contributed by atoms with Gasteiger partial charge in [0.2, 0.25) is 5.91 Å². The smallest absolute Gasteiger partial charge is 0.303 e. The van der Waals surface area contributed by atoms with Crippen molar-refractivity contribution in [2.24, 2.45) is 0 Å². The molecular weight excluding hydrogens is 244 g/mol. The van der Waals surface area contributed by atoms with Crippen molar-refractivity contribution in [2.45, 2.75) is 39.2 Å². The summed E-state index contributed by atoms with van der Waals surface area (Å²) in [5.41, 5.74) is 2.07. The molecule has 0 saturated heterocycles. The molecule has 19 heavy (non-hydrogen) atoms. The lowest BCUT2D eigenvalue weighted by atomic mass is 10.1. The maximum Gasteiger partial charge on any atom is 0.303 e. The zero-order valence-electron chi connectivity index (χ0n) is 11.6. The topological polar surface area (TPSA) is 70.5 Å². The normalized spacial score (nSPS) is 11.9. The van der Waals surface area contributed by atoms with Crippen LogP contribution in [0.1, 0.15) is 31.0 Å². The molecule has 1 N–H and O–H groups in total. The van der Waals surface area contributed by atoms with Crippen LogP contribution in [0.15, 0.2) is 18.3 Å². The van der Waals surface area contributed by atoms with Gasteiger partial charge in [-0.25, -0.2) is 0 Å². The fraction of sp³-hybridized carbons (Fsp3) is 0.500. The first-order valence-corrected chi connectivity index (χ1v) is 6.29. The highest BCUT2D eigenvalue weighted by Crippen LogP contribution is 2.09. The molecule has 1 aromatic heterocycles. The van der Waals surface area contributed by atoms with Crippen LogP contribution < -0.4 is 0 Å². The van der Waals surface area contributed by atoms with E-state index in [9.17, 15) is 9.59 Å². The molecule has 0 aromatic carbocycles. The van der Waals surface area contributed by atoms with Gasteiger partial charge in [0, 0.05) is 37.8 Å². The molecule has 0 aliphatic carbocycles. The molecule has 5 nitrogen and oxygen atoms in total. The fourth-order valence-electron chi connectivity index (χ4n) is 1.79. The molecule has 0 spiro atoms. The van der Waals surface area contributed by atoms with E-state index in [0.717, 1.165) is 11.3 Å². The highest BCUT2D eigenvalue weighted by Gasteiger charge is 2.17. The van der Waals surface area contributed by atoms with E-state index in [0.29, 0.717) is 6.42 Å². The number of likely N-dealkylation sites (N-methyl/N-ethyl adjacent to an activating group) is 1. The molecular formula is C14H20N2O3. The van der Waals surface area contributed by atoms with E-state index in [1.165, 1.54) is 0 Å². The van der Waals surface area contributed by atoms with Crippen molar-refractivity contribution >= 4 is 11.9 Å². The molecule has 0 aliphatic rings. The summed E-state index contributed by atoms with van der Waals surface area (Å²) in [5, 5.41) is 8.57. The number of nitrogens with zero attached hydrogens (tertiary/aromatic N) is 2. The molecule has 0 saturated carbocycles. The van der Waals surface area contributed by atoms with Crippen molar-refractivity contribution in [3.8, 4) is 0 Å². The number of hydrogen-bond donors (Lipinski definition) is 1. The number of carboxylic acid groups (broad SMARTS) is 1. The average Bonchev–Trinajstić information content (AvgIpc) is 2.34. The first kappa shape index (κ1) is 15.1. The number of rotatable bonds is 6. The Balaban J connectivity index is 2.54. The second-order valence-electron chi connectivity index (χ2n) is 4.78. The van der Waals surface area contributed by atoms with Gasteiger partial charge in [-0.3, -0.25) is 14.6 Å². The molecule has 1 atom stereocenters. The standard InChI is InChI=1S/C14H20N2O3/c1-10-6-7-15-12(8-10)9-11(2)16(3)13(17)4-5-14(18)19/h6-8,11H,4-5,9H2,1-3H3,(H,18,19). The third kappa shape index (κ3) is 5.07. The summed E-state index contributed by atoms with van der Waals surface area (Å²) < 4.78 is 0. The molecule has 0 radical (unpaired) electrons. The molecule has 1 amide bonds. The van der Waals surface area contributed by atoms with Crippen LogP contribution in [0, 0.1) is 6.92 Å². The molecule has 104 valence electrons. The number of carbonyl (C=O) groups is 2. The van der Waals surface area contributed by atoms with Crippen molar-refractivity contribution in [1.82, 2.24) is 9.88 Å². The van der Waals surface area contributed by atoms with Gasteiger partial charge in [0.25, 0.3) is 0 Å². The Labute approximate surface area is 113 Å². The van der Waals surface area contributed by atoms with Crippen LogP contribution in [-0.4, -0.2) is 40.0 Å². The molecule has 1 unspecified atom stereocenters. The highest BCUT2D eigenvalue weighted by atomic mass is 16.4. The molecule has 0 aliphatic heterocycles. The lowest BCUT2D eigenvalue weighted by Gasteiger charge is -2.24. The van der Waals surface area contributed by atoms with Crippen molar-refractivity contribution in [1.29, 1.82) is 0 Å². The summed E-state index contributed by atoms with van der Waals surface area (Å²) in [6.45, 7) is 3.93. The van der Waals surface area contributed by atoms with Gasteiger partial charge in [-0.05, 0) is 31.5 Å². The average molecular weight is 264 g/mol. The van der Waals surface area contributed by atoms with Gasteiger partial charge < -0.3 is 10.0 Å². The monoisotopic (exact) mass is 264 g/mol. The van der Waals surface area contributed by atoms with E-state index in [1.54, 1.807) is 18.1 Å². The lowest BCUT2D eigenvalue weighted by molar-refractivity contribution is -0.141. The van der Waals surface area contributed by atoms with Crippen molar-refractivity contribution in [3.05, 3.63) is 29.6 Å². The minimum absolute atomic E-state index is 0.00408. The van der Waals surface area contributed by atoms with E-state index < -0.39 is 5.97 Å². The van der Waals surface area contributed by atoms with Crippen molar-refractivity contribution in [2.75, 3.05) is 7.05 Å². The Morgan fingerprint density at radius 1 is 1.42 bits per heavy atom. The molecule has 0 bridgehead atoms. The zero-order chi connectivity index (χ0) is 14.4. The minimum atomic E-state index is -0.949. The predicted molar refractivity (Wildman–Crippen MR) is 71.8 cm³/mol. The number of pyridine rings is 1. The van der Waals surface area contributed by atoms with Crippen LogP contribution in [0.4, 0.5) is 0 Å². The van der Waals surface area contributed by atoms with Gasteiger partial charge in [-0.1, -0.05) is 0 Å². The summed E-state index contributed by atoms with van der Waals surface area (Å²) in [6.07, 6.45) is 2.33. The van der Waals surface area contributed by atoms with E-state index in [4.69, 9.17) is 5.11 Å². The predicted octanol–water partition coefficient (Wildman–Crippen LogP) is 1.64. The van der Waals surface area contributed by atoms with Gasteiger partial charge in [-0.15, -0.1) is 0 Å². The van der Waals surface area contributed by atoms with Crippen molar-refractivity contribution < 1.29 is 14.7 Å². The maximum atomic E-state index is 11.8. The lowest BCUT2D eigenvalue weighted by Crippen LogP contribution is -2.36. The summed E-state index contributed by atoms with van der Waals surface area (Å²) in [4.78, 5) is 28.1. The fourth-order valence-corrected chi connectivity index (χ4v) is 1.79. The first-order chi connectivity index (χ1) is 8.90. The summed E-state index contributed by atoms with van der Waals surface area (Å²) in [5.74, 6) is -1.10. The molecule has 5 heteroatoms. The Morgan fingerprint density at radius 3 is 2.68 bits per heavy atom. The summed E-state index contributed by atoms with van der Waals surface area (Å²) in [6, 6.07) is 3.91. The number of aryl methyl sites for hydroxylation is 1. The van der Waals surface area contributed by atoms with Gasteiger partial charge >= 0.3 is 5.97 Å². The quantitative estimate of drug-likeness (QED) is 0.848.